The summed E-state index contributed by atoms with van der Waals surface area (Å²) in [7, 11) is 2.17. The van der Waals surface area contributed by atoms with Crippen molar-refractivity contribution in [3.05, 3.63) is 49.2 Å². The van der Waals surface area contributed by atoms with Crippen LogP contribution >= 0.6 is 9.24 Å². The molecule has 134 valence electrons. The fraction of sp³-hybridized carbons (Fsp3) is 0.619. The Hall–Kier alpha value is 0.780. The van der Waals surface area contributed by atoms with Gasteiger partial charge in [-0.15, -0.1) is 18.1 Å². The maximum absolute atomic E-state index is 3.17. The van der Waals surface area contributed by atoms with E-state index in [1.54, 1.807) is 5.92 Å². The summed E-state index contributed by atoms with van der Waals surface area (Å²) in [5.41, 5.74) is 0.397. The van der Waals surface area contributed by atoms with Gasteiger partial charge in [0.25, 0.3) is 0 Å². The van der Waals surface area contributed by atoms with Gasteiger partial charge < -0.3 is 34.2 Å². The van der Waals surface area contributed by atoms with E-state index in [9.17, 15) is 0 Å². The van der Waals surface area contributed by atoms with Crippen molar-refractivity contribution in [2.24, 2.45) is 17.3 Å². The minimum Gasteiger partial charge on any atom is -0.323 e. The third kappa shape index (κ3) is 25.1. The largest absolute Gasteiger partial charge is 4.00 e. The molecule has 0 nitrogen and oxygen atoms in total. The number of hydrogen-bond acceptors (Lipinski definition) is 0. The van der Waals surface area contributed by atoms with Crippen molar-refractivity contribution >= 4 is 9.24 Å². The molecule has 0 spiro atoms. The summed E-state index contributed by atoms with van der Waals surface area (Å²) in [4.78, 5) is 0. The van der Waals surface area contributed by atoms with Gasteiger partial charge in [0.05, 0.1) is 0 Å². The Morgan fingerprint density at radius 3 is 1.39 bits per heavy atom. The van der Waals surface area contributed by atoms with Crippen LogP contribution in [-0.2, 0) is 25.8 Å². The summed E-state index contributed by atoms with van der Waals surface area (Å²) in [6.45, 7) is 25.0. The summed E-state index contributed by atoms with van der Waals surface area (Å²) in [6.07, 6.45) is 10.6. The molecule has 0 aromatic heterocycles. The van der Waals surface area contributed by atoms with Crippen LogP contribution < -0.4 is 0 Å². The molecule has 0 fully saturated rings. The van der Waals surface area contributed by atoms with E-state index in [0.29, 0.717) is 11.3 Å². The van der Waals surface area contributed by atoms with Crippen LogP contribution in [0, 0.1) is 42.2 Å². The van der Waals surface area contributed by atoms with E-state index in [0.717, 1.165) is 5.92 Å². The van der Waals surface area contributed by atoms with Gasteiger partial charge in [0, 0.05) is 0 Å². The number of hydrogen-bond donors (Lipinski definition) is 0. The van der Waals surface area contributed by atoms with Crippen LogP contribution in [0.5, 0.6) is 0 Å². The first-order valence-corrected chi connectivity index (χ1v) is 9.00. The Kier molecular flexibility index (Phi) is 26.2. The van der Waals surface area contributed by atoms with Gasteiger partial charge in [-0.25, -0.2) is 0 Å². The predicted molar refractivity (Wildman–Crippen MR) is 110 cm³/mol. The van der Waals surface area contributed by atoms with Crippen molar-refractivity contribution in [3.63, 3.8) is 0 Å². The van der Waals surface area contributed by atoms with Crippen molar-refractivity contribution in [2.75, 3.05) is 0 Å². The molecule has 1 unspecified atom stereocenters. The fourth-order valence-electron chi connectivity index (χ4n) is 1.54. The van der Waals surface area contributed by atoms with Crippen molar-refractivity contribution in [2.45, 2.75) is 69.2 Å². The first-order chi connectivity index (χ1) is 10.0. The molecule has 0 aromatic carbocycles. The topological polar surface area (TPSA) is 0 Å². The normalized spacial score (nSPS) is 12.8. The summed E-state index contributed by atoms with van der Waals surface area (Å²) < 4.78 is 0. The number of rotatable bonds is 2. The molecule has 0 bridgehead atoms. The van der Waals surface area contributed by atoms with Crippen LogP contribution in [0.3, 0.4) is 0 Å². The Morgan fingerprint density at radius 1 is 1.00 bits per heavy atom. The van der Waals surface area contributed by atoms with Gasteiger partial charge in [0.15, 0.2) is 0 Å². The van der Waals surface area contributed by atoms with E-state index < -0.39 is 0 Å². The van der Waals surface area contributed by atoms with Crippen LogP contribution in [0.2, 0.25) is 0 Å². The van der Waals surface area contributed by atoms with Gasteiger partial charge in [0.2, 0.25) is 0 Å². The predicted octanol–water partition coefficient (Wildman–Crippen LogP) is 7.51. The molecule has 0 heterocycles. The standard InChI is InChI=1S/C9H19.C7H9.C4H9.CH4P.Hf/c1-7(2)8(3)9(4,5)6;1-2-7-5-3-4-6-7;1-4(2)3;1-2;/h7H,1-6H3;2-7H,1H3;1-3H3;1-2H2;/q4*-1;+4. The van der Waals surface area contributed by atoms with Crippen LogP contribution in [0.1, 0.15) is 69.2 Å². The molecule has 1 aliphatic carbocycles. The molecule has 0 aliphatic heterocycles. The van der Waals surface area contributed by atoms with Crippen LogP contribution in [-0.4, -0.2) is 0 Å². The van der Waals surface area contributed by atoms with Gasteiger partial charge in [-0.05, 0) is 0 Å². The molecule has 2 heteroatoms. The first kappa shape index (κ1) is 31.5. The zero-order valence-corrected chi connectivity index (χ0v) is 22.1. The van der Waals surface area contributed by atoms with Gasteiger partial charge in [-0.3, -0.25) is 0 Å². The SMILES string of the molecule is C[C-](C(C)C)C(C)(C)C.C[C-](C)C.C[CH-]C1C=CC=C1.[CH2-]P.[Hf+4]. The summed E-state index contributed by atoms with van der Waals surface area (Å²) in [6, 6.07) is 0. The molecular formula is C21H41HfP. The molecule has 0 saturated heterocycles. The molecule has 0 saturated carbocycles. The zero-order valence-electron chi connectivity index (χ0n) is 17.3. The van der Waals surface area contributed by atoms with Crippen molar-refractivity contribution in [1.29, 1.82) is 0 Å². The van der Waals surface area contributed by atoms with E-state index in [4.69, 9.17) is 0 Å². The van der Waals surface area contributed by atoms with Crippen LogP contribution in [0.25, 0.3) is 0 Å². The summed E-state index contributed by atoms with van der Waals surface area (Å²) >= 11 is 0. The Morgan fingerprint density at radius 2 is 1.30 bits per heavy atom. The van der Waals surface area contributed by atoms with E-state index >= 15 is 0 Å². The van der Waals surface area contributed by atoms with E-state index in [1.807, 2.05) is 0 Å². The molecule has 0 radical (unpaired) electrons. The Labute approximate surface area is 170 Å². The van der Waals surface area contributed by atoms with Gasteiger partial charge in [-0.1, -0.05) is 46.8 Å². The zero-order chi connectivity index (χ0) is 18.3. The smallest absolute Gasteiger partial charge is 0.323 e. The summed E-state index contributed by atoms with van der Waals surface area (Å²) in [5.74, 6) is 4.34. The fourth-order valence-corrected chi connectivity index (χ4v) is 1.54. The molecule has 1 atom stereocenters. The third-order valence-corrected chi connectivity index (χ3v) is 3.21. The minimum atomic E-state index is 0. The van der Waals surface area contributed by atoms with Gasteiger partial charge >= 0.3 is 25.8 Å². The van der Waals surface area contributed by atoms with E-state index in [-0.39, 0.29) is 25.8 Å². The van der Waals surface area contributed by atoms with E-state index in [2.05, 4.69) is 116 Å². The second kappa shape index (κ2) is 19.1. The summed E-state index contributed by atoms with van der Waals surface area (Å²) in [5, 5.41) is 0. The molecular weight excluding hydrogens is 462 g/mol. The Bertz CT molecular complexity index is 257. The first-order valence-electron chi connectivity index (χ1n) is 8.18. The van der Waals surface area contributed by atoms with Crippen molar-refractivity contribution in [1.82, 2.24) is 0 Å². The van der Waals surface area contributed by atoms with Crippen molar-refractivity contribution < 1.29 is 25.8 Å². The average molecular weight is 503 g/mol. The monoisotopic (exact) mass is 504 g/mol. The van der Waals surface area contributed by atoms with Crippen LogP contribution in [0.4, 0.5) is 0 Å². The third-order valence-electron chi connectivity index (χ3n) is 3.21. The molecule has 23 heavy (non-hydrogen) atoms. The molecule has 0 amide bonds. The molecule has 0 N–H and O–H groups in total. The van der Waals surface area contributed by atoms with Gasteiger partial charge in [0.1, 0.15) is 0 Å². The minimum absolute atomic E-state index is 0. The average Bonchev–Trinajstić information content (AvgIpc) is 2.92. The maximum atomic E-state index is 3.17. The van der Waals surface area contributed by atoms with Gasteiger partial charge in [-0.2, -0.15) is 46.0 Å². The second-order valence-corrected chi connectivity index (χ2v) is 7.27. The van der Waals surface area contributed by atoms with Crippen molar-refractivity contribution in [3.8, 4) is 0 Å². The van der Waals surface area contributed by atoms with E-state index in [1.165, 1.54) is 5.92 Å². The molecule has 0 aromatic rings. The second-order valence-electron chi connectivity index (χ2n) is 7.27. The molecule has 1 rings (SSSR count). The number of allylic oxidation sites excluding steroid dienone is 4. The quantitative estimate of drug-likeness (QED) is 0.208. The maximum Gasteiger partial charge on any atom is 4.00 e. The molecule has 1 aliphatic rings. The van der Waals surface area contributed by atoms with Crippen LogP contribution in [0.15, 0.2) is 24.3 Å². The Balaban J connectivity index is -0.000000115.